The maximum absolute atomic E-state index is 10.9. The Bertz CT molecular complexity index is 416. The molecule has 0 aliphatic heterocycles. The number of anilines is 1. The molecule has 1 atom stereocenters. The molecule has 1 rings (SSSR count). The van der Waals surface area contributed by atoms with Gasteiger partial charge in [-0.2, -0.15) is 0 Å². The van der Waals surface area contributed by atoms with Gasteiger partial charge in [0.05, 0.1) is 10.5 Å². The zero-order valence-corrected chi connectivity index (χ0v) is 10.4. The van der Waals surface area contributed by atoms with E-state index in [1.807, 2.05) is 6.92 Å². The maximum Gasteiger partial charge on any atom is 0.292 e. The van der Waals surface area contributed by atoms with E-state index in [-0.39, 0.29) is 12.2 Å². The van der Waals surface area contributed by atoms with E-state index in [4.69, 9.17) is 0 Å². The molecule has 0 radical (unpaired) electrons. The van der Waals surface area contributed by atoms with Crippen LogP contribution in [0.4, 0.5) is 11.4 Å². The zero-order valence-electron chi connectivity index (χ0n) is 10.4. The predicted octanol–water partition coefficient (Wildman–Crippen LogP) is 2.48. The van der Waals surface area contributed by atoms with Gasteiger partial charge in [-0.25, -0.2) is 0 Å². The van der Waals surface area contributed by atoms with Gasteiger partial charge in [-0.15, -0.1) is 0 Å². The zero-order chi connectivity index (χ0) is 13.1. The number of aryl methyl sites for hydroxylation is 1. The predicted molar refractivity (Wildman–Crippen MR) is 67.2 cm³/mol. The summed E-state index contributed by atoms with van der Waals surface area (Å²) in [5.41, 5.74) is 0.453. The number of hydrogen-bond donors (Lipinski definition) is 2. The van der Waals surface area contributed by atoms with Crippen molar-refractivity contribution in [1.29, 1.82) is 0 Å². The number of nitro groups is 1. The van der Waals surface area contributed by atoms with E-state index in [2.05, 4.69) is 5.32 Å². The van der Waals surface area contributed by atoms with Gasteiger partial charge in [0.25, 0.3) is 5.69 Å². The molecule has 1 aromatic carbocycles. The molecule has 0 fully saturated rings. The summed E-state index contributed by atoms with van der Waals surface area (Å²) in [6.45, 7) is 5.65. The number of aliphatic hydroxyl groups is 1. The molecule has 0 aliphatic carbocycles. The van der Waals surface area contributed by atoms with Crippen LogP contribution in [-0.2, 0) is 0 Å². The van der Waals surface area contributed by atoms with E-state index in [1.54, 1.807) is 26.0 Å². The average Bonchev–Trinajstić information content (AvgIpc) is 2.27. The summed E-state index contributed by atoms with van der Waals surface area (Å²) in [5.74, 6) is 0. The van der Waals surface area contributed by atoms with Gasteiger partial charge in [0.15, 0.2) is 0 Å². The fraction of sp³-hybridized carbons (Fsp3) is 0.500. The lowest BCUT2D eigenvalue weighted by molar-refractivity contribution is -0.384. The van der Waals surface area contributed by atoms with E-state index < -0.39 is 10.5 Å². The minimum Gasteiger partial charge on any atom is -0.388 e. The molecular formula is C12H18N2O3. The monoisotopic (exact) mass is 238 g/mol. The Morgan fingerprint density at radius 2 is 2.18 bits per heavy atom. The number of nitrogens with zero attached hydrogens (tertiary/aromatic N) is 1. The van der Waals surface area contributed by atoms with Crippen LogP contribution in [-0.4, -0.2) is 22.2 Å². The molecule has 5 heteroatoms. The second-order valence-corrected chi connectivity index (χ2v) is 4.48. The van der Waals surface area contributed by atoms with Crippen molar-refractivity contribution < 1.29 is 10.0 Å². The summed E-state index contributed by atoms with van der Waals surface area (Å²) in [5, 5.41) is 23.6. The van der Waals surface area contributed by atoms with E-state index in [1.165, 1.54) is 6.07 Å². The maximum atomic E-state index is 10.9. The Morgan fingerprint density at radius 1 is 1.53 bits per heavy atom. The van der Waals surface area contributed by atoms with Crippen molar-refractivity contribution in [3.63, 3.8) is 0 Å². The summed E-state index contributed by atoms with van der Waals surface area (Å²) in [4.78, 5) is 10.5. The quantitative estimate of drug-likeness (QED) is 0.610. The summed E-state index contributed by atoms with van der Waals surface area (Å²) in [6.07, 6.45) is 0.583. The Kier molecular flexibility index (Phi) is 4.07. The van der Waals surface area contributed by atoms with Gasteiger partial charge >= 0.3 is 0 Å². The second kappa shape index (κ2) is 5.14. The molecule has 0 saturated carbocycles. The van der Waals surface area contributed by atoms with Crippen molar-refractivity contribution in [2.45, 2.75) is 32.8 Å². The molecule has 0 heterocycles. The summed E-state index contributed by atoms with van der Waals surface area (Å²) in [7, 11) is 0. The average molecular weight is 238 g/mol. The van der Waals surface area contributed by atoms with Gasteiger partial charge in [-0.3, -0.25) is 10.1 Å². The molecule has 0 saturated heterocycles. The molecule has 0 aromatic heterocycles. The van der Waals surface area contributed by atoms with Gasteiger partial charge in [0, 0.05) is 12.6 Å². The van der Waals surface area contributed by atoms with E-state index in [9.17, 15) is 15.2 Å². The lowest BCUT2D eigenvalue weighted by Crippen LogP contribution is -2.32. The molecule has 5 nitrogen and oxygen atoms in total. The van der Waals surface area contributed by atoms with Crippen LogP contribution in [0.5, 0.6) is 0 Å². The molecule has 17 heavy (non-hydrogen) atoms. The van der Waals surface area contributed by atoms with Crippen molar-refractivity contribution in [2.24, 2.45) is 0 Å². The van der Waals surface area contributed by atoms with Gasteiger partial charge in [0.1, 0.15) is 5.69 Å². The van der Waals surface area contributed by atoms with Crippen LogP contribution in [0.2, 0.25) is 0 Å². The molecular weight excluding hydrogens is 220 g/mol. The van der Waals surface area contributed by atoms with Gasteiger partial charge in [-0.05, 0) is 31.9 Å². The largest absolute Gasteiger partial charge is 0.388 e. The molecule has 0 bridgehead atoms. The summed E-state index contributed by atoms with van der Waals surface area (Å²) in [6, 6.07) is 4.98. The van der Waals surface area contributed by atoms with Crippen LogP contribution in [0.1, 0.15) is 25.8 Å². The fourth-order valence-corrected chi connectivity index (χ4v) is 1.35. The van der Waals surface area contributed by atoms with E-state index >= 15 is 0 Å². The third-order valence-corrected chi connectivity index (χ3v) is 2.77. The topological polar surface area (TPSA) is 75.4 Å². The number of nitro benzene ring substituents is 1. The Hall–Kier alpha value is -1.62. The van der Waals surface area contributed by atoms with Crippen molar-refractivity contribution in [1.82, 2.24) is 0 Å². The van der Waals surface area contributed by atoms with Gasteiger partial charge < -0.3 is 10.4 Å². The number of benzene rings is 1. The minimum atomic E-state index is -0.862. The fourth-order valence-electron chi connectivity index (χ4n) is 1.35. The summed E-state index contributed by atoms with van der Waals surface area (Å²) < 4.78 is 0. The lowest BCUT2D eigenvalue weighted by atomic mass is 10.0. The van der Waals surface area contributed by atoms with Crippen LogP contribution < -0.4 is 5.32 Å². The lowest BCUT2D eigenvalue weighted by Gasteiger charge is -2.22. The van der Waals surface area contributed by atoms with Crippen LogP contribution >= 0.6 is 0 Å². The first-order valence-electron chi connectivity index (χ1n) is 5.57. The molecule has 1 unspecified atom stereocenters. The van der Waals surface area contributed by atoms with Crippen LogP contribution in [0.25, 0.3) is 0 Å². The van der Waals surface area contributed by atoms with Gasteiger partial charge in [0.2, 0.25) is 0 Å². The highest BCUT2D eigenvalue weighted by Gasteiger charge is 2.20. The molecule has 1 aromatic rings. The van der Waals surface area contributed by atoms with Crippen LogP contribution in [0.3, 0.4) is 0 Å². The first kappa shape index (κ1) is 13.4. The first-order chi connectivity index (χ1) is 7.85. The Morgan fingerprint density at radius 3 is 2.71 bits per heavy atom. The Balaban J connectivity index is 2.88. The number of nitrogens with one attached hydrogen (secondary N) is 1. The smallest absolute Gasteiger partial charge is 0.292 e. The van der Waals surface area contributed by atoms with Crippen LogP contribution in [0.15, 0.2) is 18.2 Å². The van der Waals surface area contributed by atoms with Crippen molar-refractivity contribution in [2.75, 3.05) is 11.9 Å². The molecule has 0 amide bonds. The first-order valence-corrected chi connectivity index (χ1v) is 5.57. The van der Waals surface area contributed by atoms with E-state index in [0.29, 0.717) is 12.1 Å². The number of hydrogen-bond acceptors (Lipinski definition) is 4. The molecule has 94 valence electrons. The van der Waals surface area contributed by atoms with Crippen LogP contribution in [0, 0.1) is 17.0 Å². The second-order valence-electron chi connectivity index (χ2n) is 4.48. The summed E-state index contributed by atoms with van der Waals surface area (Å²) >= 11 is 0. The normalized spacial score (nSPS) is 14.1. The minimum absolute atomic E-state index is 0.0388. The molecule has 0 aliphatic rings. The van der Waals surface area contributed by atoms with Gasteiger partial charge in [-0.1, -0.05) is 13.0 Å². The highest BCUT2D eigenvalue weighted by Crippen LogP contribution is 2.26. The highest BCUT2D eigenvalue weighted by molar-refractivity contribution is 5.62. The molecule has 0 spiro atoms. The Labute approximate surface area is 101 Å². The highest BCUT2D eigenvalue weighted by atomic mass is 16.6. The third-order valence-electron chi connectivity index (χ3n) is 2.77. The number of rotatable bonds is 5. The standard InChI is InChI=1S/C12H18N2O3/c1-4-12(3,15)8-13-10-6-5-9(2)7-11(10)14(16)17/h5-7,13,15H,4,8H2,1-3H3. The SMILES string of the molecule is CCC(C)(O)CNc1ccc(C)cc1[N+](=O)[O-]. The van der Waals surface area contributed by atoms with Crippen molar-refractivity contribution in [3.8, 4) is 0 Å². The van der Waals surface area contributed by atoms with Crippen molar-refractivity contribution >= 4 is 11.4 Å². The van der Waals surface area contributed by atoms with Crippen molar-refractivity contribution in [3.05, 3.63) is 33.9 Å². The third kappa shape index (κ3) is 3.71. The van der Waals surface area contributed by atoms with E-state index in [0.717, 1.165) is 5.56 Å². The molecule has 2 N–H and O–H groups in total.